The fourth-order valence-electron chi connectivity index (χ4n) is 2.57. The highest BCUT2D eigenvalue weighted by Gasteiger charge is 2.31. The largest absolute Gasteiger partial charge is 0.331 e. The van der Waals surface area contributed by atoms with Gasteiger partial charge in [0.1, 0.15) is 0 Å². The summed E-state index contributed by atoms with van der Waals surface area (Å²) in [6.45, 7) is 0.404. The number of imidazole rings is 1. The lowest BCUT2D eigenvalue weighted by Gasteiger charge is -2.11. The topological polar surface area (TPSA) is 54.9 Å². The van der Waals surface area contributed by atoms with E-state index in [1.807, 2.05) is 16.7 Å². The quantitative estimate of drug-likeness (QED) is 0.867. The highest BCUT2D eigenvalue weighted by atomic mass is 35.5. The number of fused-ring (bicyclic) bond motifs is 1. The van der Waals surface area contributed by atoms with Gasteiger partial charge in [-0.3, -0.25) is 0 Å². The lowest BCUT2D eigenvalue weighted by molar-refractivity contribution is 0.568. The van der Waals surface area contributed by atoms with E-state index in [1.165, 1.54) is 0 Å². The highest BCUT2D eigenvalue weighted by molar-refractivity contribution is 7.92. The maximum atomic E-state index is 11.9. The molecule has 0 amide bonds. The van der Waals surface area contributed by atoms with Crippen LogP contribution in [0.3, 0.4) is 0 Å². The predicted molar refractivity (Wildman–Crippen MR) is 78.9 cm³/mol. The number of hydrogen-bond donors (Lipinski definition) is 1. The van der Waals surface area contributed by atoms with Gasteiger partial charge in [0.2, 0.25) is 0 Å². The van der Waals surface area contributed by atoms with Gasteiger partial charge < -0.3 is 9.55 Å². The number of nitrogens with zero attached hydrogens (tertiary/aromatic N) is 1. The van der Waals surface area contributed by atoms with Gasteiger partial charge in [-0.15, -0.1) is 0 Å². The van der Waals surface area contributed by atoms with E-state index in [0.717, 1.165) is 17.5 Å². The number of halogens is 1. The first kappa shape index (κ1) is 13.1. The third-order valence-electron chi connectivity index (χ3n) is 3.59. The zero-order chi connectivity index (χ0) is 13.6. The van der Waals surface area contributed by atoms with Crippen molar-refractivity contribution < 1.29 is 8.42 Å². The Kier molecular flexibility index (Phi) is 3.19. The Hall–Kier alpha value is -0.850. The number of H-pyrrole nitrogens is 1. The molecule has 19 heavy (non-hydrogen) atoms. The number of benzene rings is 1. The van der Waals surface area contributed by atoms with Gasteiger partial charge in [0, 0.05) is 11.6 Å². The second-order valence-corrected chi connectivity index (χ2v) is 8.06. The van der Waals surface area contributed by atoms with Crippen molar-refractivity contribution >= 4 is 44.7 Å². The van der Waals surface area contributed by atoms with Crippen LogP contribution in [0.2, 0.25) is 5.02 Å². The molecule has 1 N–H and O–H groups in total. The van der Waals surface area contributed by atoms with Gasteiger partial charge in [0.25, 0.3) is 0 Å². The molecule has 0 aliphatic carbocycles. The SMILES string of the molecule is O=S1(=O)CCCC1Cn1c(=S)[nH]c2ccc(Cl)cc21. The van der Waals surface area contributed by atoms with Crippen LogP contribution in [0.5, 0.6) is 0 Å². The summed E-state index contributed by atoms with van der Waals surface area (Å²) >= 11 is 11.3. The first-order valence-electron chi connectivity index (χ1n) is 6.07. The predicted octanol–water partition coefficient (Wildman–Crippen LogP) is 2.93. The maximum absolute atomic E-state index is 11.9. The molecule has 1 aromatic heterocycles. The van der Waals surface area contributed by atoms with Gasteiger partial charge in [-0.05, 0) is 43.3 Å². The summed E-state index contributed by atoms with van der Waals surface area (Å²) in [5, 5.41) is 0.279. The summed E-state index contributed by atoms with van der Waals surface area (Å²) in [5.41, 5.74) is 1.74. The average molecular weight is 317 g/mol. The lowest BCUT2D eigenvalue weighted by Crippen LogP contribution is -2.22. The number of aromatic amines is 1. The van der Waals surface area contributed by atoms with Gasteiger partial charge >= 0.3 is 0 Å². The minimum Gasteiger partial charge on any atom is -0.331 e. The smallest absolute Gasteiger partial charge is 0.178 e. The second kappa shape index (κ2) is 4.61. The van der Waals surface area contributed by atoms with Crippen LogP contribution in [0.1, 0.15) is 12.8 Å². The molecule has 2 heterocycles. The number of aromatic nitrogens is 2. The van der Waals surface area contributed by atoms with Crippen LogP contribution in [0.15, 0.2) is 18.2 Å². The van der Waals surface area contributed by atoms with E-state index in [4.69, 9.17) is 23.8 Å². The average Bonchev–Trinajstić information content (AvgIpc) is 2.82. The zero-order valence-electron chi connectivity index (χ0n) is 10.1. The summed E-state index contributed by atoms with van der Waals surface area (Å²) in [6, 6.07) is 5.45. The van der Waals surface area contributed by atoms with E-state index in [0.29, 0.717) is 22.8 Å². The molecule has 1 aromatic carbocycles. The van der Waals surface area contributed by atoms with Crippen molar-refractivity contribution in [2.24, 2.45) is 0 Å². The molecule has 0 saturated carbocycles. The Bertz CT molecular complexity index is 792. The second-order valence-electron chi connectivity index (χ2n) is 4.83. The fourth-order valence-corrected chi connectivity index (χ4v) is 4.83. The molecule has 0 bridgehead atoms. The number of rotatable bonds is 2. The molecule has 0 radical (unpaired) electrons. The van der Waals surface area contributed by atoms with Gasteiger partial charge in [-0.1, -0.05) is 11.6 Å². The van der Waals surface area contributed by atoms with Crippen LogP contribution < -0.4 is 0 Å². The van der Waals surface area contributed by atoms with Crippen LogP contribution in [-0.2, 0) is 16.4 Å². The van der Waals surface area contributed by atoms with E-state index in [1.54, 1.807) is 6.07 Å². The van der Waals surface area contributed by atoms with Crippen molar-refractivity contribution in [3.63, 3.8) is 0 Å². The van der Waals surface area contributed by atoms with E-state index >= 15 is 0 Å². The van der Waals surface area contributed by atoms with Crippen LogP contribution >= 0.6 is 23.8 Å². The van der Waals surface area contributed by atoms with Crippen LogP contribution in [0.25, 0.3) is 11.0 Å². The van der Waals surface area contributed by atoms with Gasteiger partial charge in [0.15, 0.2) is 14.6 Å². The third kappa shape index (κ3) is 2.32. The number of nitrogens with one attached hydrogen (secondary N) is 1. The van der Waals surface area contributed by atoms with Crippen molar-refractivity contribution in [3.05, 3.63) is 28.0 Å². The molecule has 2 aromatic rings. The van der Waals surface area contributed by atoms with Gasteiger partial charge in [0.05, 0.1) is 22.0 Å². The van der Waals surface area contributed by atoms with E-state index in [-0.39, 0.29) is 11.0 Å². The first-order valence-corrected chi connectivity index (χ1v) is 8.57. The van der Waals surface area contributed by atoms with E-state index in [2.05, 4.69) is 4.98 Å². The lowest BCUT2D eigenvalue weighted by atomic mass is 10.2. The highest BCUT2D eigenvalue weighted by Crippen LogP contribution is 2.25. The molecule has 1 aliphatic heterocycles. The minimum atomic E-state index is -2.97. The molecule has 1 aliphatic rings. The third-order valence-corrected chi connectivity index (χ3v) is 6.40. The van der Waals surface area contributed by atoms with E-state index in [9.17, 15) is 8.42 Å². The van der Waals surface area contributed by atoms with Crippen LogP contribution in [-0.4, -0.2) is 29.0 Å². The molecule has 102 valence electrons. The molecule has 1 atom stereocenters. The Labute approximate surface area is 121 Å². The van der Waals surface area contributed by atoms with Crippen molar-refractivity contribution in [2.45, 2.75) is 24.6 Å². The number of sulfone groups is 1. The molecule has 0 spiro atoms. The normalized spacial score (nSPS) is 22.1. The summed E-state index contributed by atoms with van der Waals surface area (Å²) in [5.74, 6) is 0.286. The van der Waals surface area contributed by atoms with Crippen molar-refractivity contribution in [3.8, 4) is 0 Å². The first-order chi connectivity index (χ1) is 8.97. The summed E-state index contributed by atoms with van der Waals surface area (Å²) in [4.78, 5) is 3.08. The van der Waals surface area contributed by atoms with Crippen molar-refractivity contribution in [2.75, 3.05) is 5.75 Å². The molecule has 1 saturated heterocycles. The zero-order valence-corrected chi connectivity index (χ0v) is 12.5. The van der Waals surface area contributed by atoms with Crippen LogP contribution in [0.4, 0.5) is 0 Å². The fraction of sp³-hybridized carbons (Fsp3) is 0.417. The maximum Gasteiger partial charge on any atom is 0.178 e. The number of hydrogen-bond acceptors (Lipinski definition) is 3. The molecule has 1 fully saturated rings. The molecule has 7 heteroatoms. The van der Waals surface area contributed by atoms with Gasteiger partial charge in [-0.2, -0.15) is 0 Å². The molecule has 4 nitrogen and oxygen atoms in total. The molecular weight excluding hydrogens is 304 g/mol. The summed E-state index contributed by atoms with van der Waals surface area (Å²) in [7, 11) is -2.97. The summed E-state index contributed by atoms with van der Waals surface area (Å²) in [6.07, 6.45) is 1.45. The Morgan fingerprint density at radius 3 is 2.95 bits per heavy atom. The Morgan fingerprint density at radius 1 is 1.47 bits per heavy atom. The summed E-state index contributed by atoms with van der Waals surface area (Å²) < 4.78 is 26.2. The van der Waals surface area contributed by atoms with Crippen LogP contribution in [0, 0.1) is 4.77 Å². The van der Waals surface area contributed by atoms with Gasteiger partial charge in [-0.25, -0.2) is 8.42 Å². The monoisotopic (exact) mass is 316 g/mol. The van der Waals surface area contributed by atoms with E-state index < -0.39 is 9.84 Å². The standard InChI is InChI=1S/C12H13ClN2O2S2/c13-8-3-4-10-11(6-8)15(12(18)14-10)7-9-2-1-5-19(9,16)17/h3-4,6,9H,1-2,5,7H2,(H,14,18). The van der Waals surface area contributed by atoms with Crippen molar-refractivity contribution in [1.29, 1.82) is 0 Å². The Morgan fingerprint density at radius 2 is 2.26 bits per heavy atom. The molecular formula is C12H13ClN2O2S2. The minimum absolute atomic E-state index is 0.286. The molecule has 3 rings (SSSR count). The Balaban J connectivity index is 2.08. The van der Waals surface area contributed by atoms with Crippen molar-refractivity contribution in [1.82, 2.24) is 9.55 Å². The molecule has 1 unspecified atom stereocenters.